The summed E-state index contributed by atoms with van der Waals surface area (Å²) in [6.45, 7) is 2.06. The topological polar surface area (TPSA) is 63.8 Å². The third-order valence-corrected chi connectivity index (χ3v) is 3.85. The van der Waals surface area contributed by atoms with Gasteiger partial charge in [-0.1, -0.05) is 30.3 Å². The normalized spacial score (nSPS) is 10.8. The molecule has 0 spiro atoms. The minimum absolute atomic E-state index is 0.695. The molecular formula is C14H14N4S. The molecule has 2 aromatic heterocycles. The van der Waals surface area contributed by atoms with Crippen molar-refractivity contribution in [1.82, 2.24) is 9.97 Å². The standard InChI is InChI=1S/C14H14N4S/c1-9-7-11-13(18-15)16-12(17-14(11)19-9)8-10-5-3-2-4-6-10/h2-7H,8,15H2,1H3,(H,16,17,18). The van der Waals surface area contributed by atoms with E-state index in [2.05, 4.69) is 40.5 Å². The van der Waals surface area contributed by atoms with Gasteiger partial charge in [0.15, 0.2) is 5.82 Å². The van der Waals surface area contributed by atoms with Crippen molar-refractivity contribution < 1.29 is 0 Å². The first kappa shape index (κ1) is 12.1. The van der Waals surface area contributed by atoms with E-state index in [0.29, 0.717) is 12.2 Å². The Morgan fingerprint density at radius 2 is 2.00 bits per heavy atom. The lowest BCUT2D eigenvalue weighted by Crippen LogP contribution is -2.10. The molecule has 5 heteroatoms. The predicted octanol–water partition coefficient (Wildman–Crippen LogP) is 2.88. The number of rotatable bonds is 3. The molecule has 0 aliphatic carbocycles. The molecule has 0 aliphatic heterocycles. The Bertz CT molecular complexity index is 706. The van der Waals surface area contributed by atoms with Crippen molar-refractivity contribution in [3.8, 4) is 0 Å². The zero-order valence-electron chi connectivity index (χ0n) is 10.6. The summed E-state index contributed by atoms with van der Waals surface area (Å²) in [7, 11) is 0. The van der Waals surface area contributed by atoms with Crippen LogP contribution in [-0.2, 0) is 6.42 Å². The van der Waals surface area contributed by atoms with E-state index in [1.807, 2.05) is 18.2 Å². The van der Waals surface area contributed by atoms with Crippen molar-refractivity contribution in [2.24, 2.45) is 5.84 Å². The van der Waals surface area contributed by atoms with Gasteiger partial charge in [0.05, 0.1) is 5.39 Å². The van der Waals surface area contributed by atoms with Crippen LogP contribution in [0.1, 0.15) is 16.3 Å². The Morgan fingerprint density at radius 3 is 2.74 bits per heavy atom. The van der Waals surface area contributed by atoms with Crippen molar-refractivity contribution >= 4 is 27.4 Å². The number of nitrogens with two attached hydrogens (primary N) is 1. The van der Waals surface area contributed by atoms with Gasteiger partial charge < -0.3 is 5.43 Å². The Balaban J connectivity index is 2.04. The molecule has 96 valence electrons. The van der Waals surface area contributed by atoms with Crippen molar-refractivity contribution in [2.45, 2.75) is 13.3 Å². The van der Waals surface area contributed by atoms with E-state index >= 15 is 0 Å². The number of nitrogens with one attached hydrogen (secondary N) is 1. The summed E-state index contributed by atoms with van der Waals surface area (Å²) in [5, 5.41) is 0.988. The predicted molar refractivity (Wildman–Crippen MR) is 79.2 cm³/mol. The Labute approximate surface area is 115 Å². The van der Waals surface area contributed by atoms with Crippen LogP contribution in [0.5, 0.6) is 0 Å². The summed E-state index contributed by atoms with van der Waals surface area (Å²) < 4.78 is 0. The number of nitrogens with zero attached hydrogens (tertiary/aromatic N) is 2. The molecule has 0 saturated carbocycles. The monoisotopic (exact) mass is 270 g/mol. The van der Waals surface area contributed by atoms with Gasteiger partial charge in [-0.25, -0.2) is 15.8 Å². The summed E-state index contributed by atoms with van der Waals surface area (Å²) >= 11 is 1.66. The van der Waals surface area contributed by atoms with E-state index in [-0.39, 0.29) is 0 Å². The van der Waals surface area contributed by atoms with E-state index in [9.17, 15) is 0 Å². The van der Waals surface area contributed by atoms with Crippen molar-refractivity contribution in [3.63, 3.8) is 0 Å². The summed E-state index contributed by atoms with van der Waals surface area (Å²) in [5.74, 6) is 7.03. The maximum atomic E-state index is 5.55. The van der Waals surface area contributed by atoms with E-state index < -0.39 is 0 Å². The van der Waals surface area contributed by atoms with E-state index in [1.165, 1.54) is 10.4 Å². The molecule has 3 aromatic rings. The fraction of sp³-hybridized carbons (Fsp3) is 0.143. The summed E-state index contributed by atoms with van der Waals surface area (Å²) in [6.07, 6.45) is 0.711. The molecular weight excluding hydrogens is 256 g/mol. The smallest absolute Gasteiger partial charge is 0.152 e. The highest BCUT2D eigenvalue weighted by Gasteiger charge is 2.10. The molecule has 3 N–H and O–H groups in total. The number of anilines is 1. The lowest BCUT2D eigenvalue weighted by atomic mass is 10.1. The summed E-state index contributed by atoms with van der Waals surface area (Å²) in [6, 6.07) is 12.2. The number of fused-ring (bicyclic) bond motifs is 1. The fourth-order valence-corrected chi connectivity index (χ4v) is 2.95. The molecule has 0 saturated heterocycles. The highest BCUT2D eigenvalue weighted by molar-refractivity contribution is 7.18. The molecule has 0 unspecified atom stereocenters. The minimum atomic E-state index is 0.695. The van der Waals surface area contributed by atoms with Crippen LogP contribution >= 0.6 is 11.3 Å². The lowest BCUT2D eigenvalue weighted by Gasteiger charge is -2.05. The van der Waals surface area contributed by atoms with Gasteiger partial charge in [0, 0.05) is 11.3 Å². The van der Waals surface area contributed by atoms with E-state index in [0.717, 1.165) is 16.0 Å². The quantitative estimate of drug-likeness (QED) is 0.567. The second-order valence-electron chi connectivity index (χ2n) is 4.37. The zero-order valence-corrected chi connectivity index (χ0v) is 11.4. The number of hydrazine groups is 1. The van der Waals surface area contributed by atoms with Gasteiger partial charge in [-0.05, 0) is 18.6 Å². The largest absolute Gasteiger partial charge is 0.308 e. The fourth-order valence-electron chi connectivity index (χ4n) is 2.05. The Kier molecular flexibility index (Phi) is 3.15. The number of benzene rings is 1. The van der Waals surface area contributed by atoms with Crippen molar-refractivity contribution in [1.29, 1.82) is 0 Å². The van der Waals surface area contributed by atoms with Crippen LogP contribution in [-0.4, -0.2) is 9.97 Å². The van der Waals surface area contributed by atoms with Crippen LogP contribution in [0.3, 0.4) is 0 Å². The third kappa shape index (κ3) is 2.43. The first-order valence-electron chi connectivity index (χ1n) is 6.04. The molecule has 0 bridgehead atoms. The molecule has 19 heavy (non-hydrogen) atoms. The minimum Gasteiger partial charge on any atom is -0.308 e. The summed E-state index contributed by atoms with van der Waals surface area (Å²) in [4.78, 5) is 11.3. The van der Waals surface area contributed by atoms with Crippen molar-refractivity contribution in [2.75, 3.05) is 5.43 Å². The molecule has 0 radical (unpaired) electrons. The lowest BCUT2D eigenvalue weighted by molar-refractivity contribution is 0.993. The molecule has 3 rings (SSSR count). The van der Waals surface area contributed by atoms with Crippen LogP contribution in [0.2, 0.25) is 0 Å². The highest BCUT2D eigenvalue weighted by atomic mass is 32.1. The van der Waals surface area contributed by atoms with Crippen LogP contribution in [0.25, 0.3) is 10.2 Å². The van der Waals surface area contributed by atoms with Gasteiger partial charge in [-0.3, -0.25) is 0 Å². The average molecular weight is 270 g/mol. The maximum Gasteiger partial charge on any atom is 0.152 e. The second kappa shape index (κ2) is 4.95. The molecule has 4 nitrogen and oxygen atoms in total. The third-order valence-electron chi connectivity index (χ3n) is 2.90. The maximum absolute atomic E-state index is 5.55. The van der Waals surface area contributed by atoms with Crippen LogP contribution in [0.15, 0.2) is 36.4 Å². The SMILES string of the molecule is Cc1cc2c(NN)nc(Cc3ccccc3)nc2s1. The molecule has 0 amide bonds. The Hall–Kier alpha value is -1.98. The molecule has 2 heterocycles. The van der Waals surface area contributed by atoms with Crippen molar-refractivity contribution in [3.05, 3.63) is 52.7 Å². The average Bonchev–Trinajstić information content (AvgIpc) is 2.79. The first-order valence-corrected chi connectivity index (χ1v) is 6.85. The van der Waals surface area contributed by atoms with Gasteiger partial charge in [-0.15, -0.1) is 11.3 Å². The highest BCUT2D eigenvalue weighted by Crippen LogP contribution is 2.28. The van der Waals surface area contributed by atoms with E-state index in [1.54, 1.807) is 11.3 Å². The summed E-state index contributed by atoms with van der Waals surface area (Å²) in [5.41, 5.74) is 3.86. The number of aryl methyl sites for hydroxylation is 1. The number of hydrogen-bond donors (Lipinski definition) is 2. The number of thiophene rings is 1. The van der Waals surface area contributed by atoms with Gasteiger partial charge in [0.2, 0.25) is 0 Å². The number of nitrogen functional groups attached to an aromatic ring is 1. The molecule has 0 atom stereocenters. The first-order chi connectivity index (χ1) is 9.26. The zero-order chi connectivity index (χ0) is 13.2. The van der Waals surface area contributed by atoms with Crippen LogP contribution < -0.4 is 11.3 Å². The molecule has 0 fully saturated rings. The van der Waals surface area contributed by atoms with Gasteiger partial charge in [0.1, 0.15) is 10.7 Å². The molecule has 0 aliphatic rings. The van der Waals surface area contributed by atoms with Crippen LogP contribution in [0, 0.1) is 6.92 Å². The number of aromatic nitrogens is 2. The van der Waals surface area contributed by atoms with E-state index in [4.69, 9.17) is 5.84 Å². The van der Waals surface area contributed by atoms with Gasteiger partial charge >= 0.3 is 0 Å². The van der Waals surface area contributed by atoms with Gasteiger partial charge in [-0.2, -0.15) is 0 Å². The van der Waals surface area contributed by atoms with Crippen LogP contribution in [0.4, 0.5) is 5.82 Å². The molecule has 1 aromatic carbocycles. The second-order valence-corrected chi connectivity index (χ2v) is 5.61. The number of hydrogen-bond acceptors (Lipinski definition) is 5. The Morgan fingerprint density at radius 1 is 1.21 bits per heavy atom. The van der Waals surface area contributed by atoms with Gasteiger partial charge in [0.25, 0.3) is 0 Å².